The summed E-state index contributed by atoms with van der Waals surface area (Å²) in [5.74, 6) is -1.42. The first-order valence-electron chi connectivity index (χ1n) is 12.7. The Balaban J connectivity index is 1.75. The van der Waals surface area contributed by atoms with Gasteiger partial charge in [0.1, 0.15) is 6.04 Å². The van der Waals surface area contributed by atoms with E-state index in [-0.39, 0.29) is 29.6 Å². The lowest BCUT2D eigenvalue weighted by atomic mass is 9.70. The van der Waals surface area contributed by atoms with Crippen LogP contribution >= 0.6 is 11.8 Å². The standard InChI is InChI=1S/C28H37N3O4S/c1-5-15-29(4)25(33)22-21-13-14-28(36-21)23(22)26(34)31(20(7-3)18-32)24(28)27(35)30(16-6-2)17-19-11-9-8-10-12-19/h5-6,8-12,20-24,32H,1-2,7,13-18H2,3-4H3/t20-,21-,22+,23-,24?,28?/m0/s1. The maximum absolute atomic E-state index is 14.4. The number of aliphatic hydroxyl groups excluding tert-OH is 1. The third kappa shape index (κ3) is 4.28. The number of aliphatic hydroxyl groups is 1. The molecule has 1 spiro atoms. The van der Waals surface area contributed by atoms with Crippen LogP contribution in [0.3, 0.4) is 0 Å². The largest absolute Gasteiger partial charge is 0.394 e. The molecular weight excluding hydrogens is 474 g/mol. The van der Waals surface area contributed by atoms with Crippen molar-refractivity contribution in [2.45, 2.75) is 54.8 Å². The molecule has 3 aliphatic heterocycles. The SMILES string of the molecule is C=CCN(C)C(=O)[C@@H]1[C@@H]2CCC3(S2)C(C(=O)N(CC=C)Cc2ccccc2)N([C@@H](CC)CO)C(=O)[C@H]13. The fourth-order valence-corrected chi connectivity index (χ4v) is 8.55. The van der Waals surface area contributed by atoms with Crippen LogP contribution in [0.15, 0.2) is 55.6 Å². The molecule has 3 heterocycles. The Kier molecular flexibility index (Phi) is 7.95. The van der Waals surface area contributed by atoms with Crippen LogP contribution in [0.2, 0.25) is 0 Å². The van der Waals surface area contributed by atoms with E-state index in [0.29, 0.717) is 32.5 Å². The number of benzene rings is 1. The van der Waals surface area contributed by atoms with Crippen LogP contribution < -0.4 is 0 Å². The number of thioether (sulfide) groups is 1. The number of fused-ring (bicyclic) bond motifs is 1. The molecule has 36 heavy (non-hydrogen) atoms. The normalized spacial score (nSPS) is 29.1. The summed E-state index contributed by atoms with van der Waals surface area (Å²) in [6.07, 6.45) is 5.41. The quantitative estimate of drug-likeness (QED) is 0.462. The molecule has 0 aromatic heterocycles. The average Bonchev–Trinajstić information content (AvgIpc) is 3.52. The van der Waals surface area contributed by atoms with Gasteiger partial charge in [-0.05, 0) is 24.8 Å². The molecule has 3 saturated heterocycles. The average molecular weight is 512 g/mol. The third-order valence-corrected chi connectivity index (χ3v) is 9.94. The second kappa shape index (κ2) is 10.8. The lowest BCUT2D eigenvalue weighted by Gasteiger charge is -2.39. The molecule has 7 nitrogen and oxygen atoms in total. The van der Waals surface area contributed by atoms with Crippen LogP contribution in [-0.2, 0) is 20.9 Å². The predicted octanol–water partition coefficient (Wildman–Crippen LogP) is 2.71. The van der Waals surface area contributed by atoms with E-state index in [4.69, 9.17) is 0 Å². The number of rotatable bonds is 11. The van der Waals surface area contributed by atoms with Gasteiger partial charge in [-0.3, -0.25) is 14.4 Å². The van der Waals surface area contributed by atoms with Gasteiger partial charge in [0, 0.05) is 31.9 Å². The number of carbonyl (C=O) groups is 3. The first-order chi connectivity index (χ1) is 17.3. The summed E-state index contributed by atoms with van der Waals surface area (Å²) < 4.78 is -0.674. The van der Waals surface area contributed by atoms with Gasteiger partial charge in [-0.25, -0.2) is 0 Å². The zero-order valence-electron chi connectivity index (χ0n) is 21.2. The van der Waals surface area contributed by atoms with Crippen molar-refractivity contribution in [2.75, 3.05) is 26.7 Å². The van der Waals surface area contributed by atoms with Crippen LogP contribution in [0.5, 0.6) is 0 Å². The number of carbonyl (C=O) groups excluding carboxylic acids is 3. The number of hydrogen-bond acceptors (Lipinski definition) is 5. The first kappa shape index (κ1) is 26.5. The van der Waals surface area contributed by atoms with E-state index in [2.05, 4.69) is 13.2 Å². The summed E-state index contributed by atoms with van der Waals surface area (Å²) in [6.45, 7) is 10.4. The van der Waals surface area contributed by atoms with Gasteiger partial charge in [0.05, 0.1) is 29.2 Å². The zero-order valence-corrected chi connectivity index (χ0v) is 22.0. The Morgan fingerprint density at radius 3 is 2.53 bits per heavy atom. The molecule has 1 aromatic rings. The Hall–Kier alpha value is -2.58. The van der Waals surface area contributed by atoms with Crippen molar-refractivity contribution >= 4 is 29.5 Å². The van der Waals surface area contributed by atoms with E-state index in [1.807, 2.05) is 37.3 Å². The molecule has 6 atom stereocenters. The lowest BCUT2D eigenvalue weighted by Crippen LogP contribution is -2.57. The van der Waals surface area contributed by atoms with E-state index < -0.39 is 28.7 Å². The molecular formula is C28H37N3O4S. The van der Waals surface area contributed by atoms with E-state index in [0.717, 1.165) is 12.0 Å². The van der Waals surface area contributed by atoms with E-state index in [1.165, 1.54) is 0 Å². The fraction of sp³-hybridized carbons (Fsp3) is 0.536. The summed E-state index contributed by atoms with van der Waals surface area (Å²) in [7, 11) is 1.74. The third-order valence-electron chi connectivity index (χ3n) is 7.99. The molecule has 3 aliphatic rings. The molecule has 3 fully saturated rings. The second-order valence-electron chi connectivity index (χ2n) is 10.0. The molecule has 2 bridgehead atoms. The Morgan fingerprint density at radius 2 is 1.92 bits per heavy atom. The number of amides is 3. The van der Waals surface area contributed by atoms with E-state index >= 15 is 0 Å². The van der Waals surface area contributed by atoms with Crippen molar-refractivity contribution in [1.29, 1.82) is 0 Å². The van der Waals surface area contributed by atoms with Gasteiger partial charge in [-0.15, -0.1) is 24.9 Å². The van der Waals surface area contributed by atoms with Gasteiger partial charge in [0.2, 0.25) is 17.7 Å². The van der Waals surface area contributed by atoms with Crippen LogP contribution in [0.4, 0.5) is 0 Å². The molecule has 1 aromatic carbocycles. The number of nitrogens with zero attached hydrogens (tertiary/aromatic N) is 3. The van der Waals surface area contributed by atoms with E-state index in [9.17, 15) is 19.5 Å². The highest BCUT2D eigenvalue weighted by Crippen LogP contribution is 2.67. The summed E-state index contributed by atoms with van der Waals surface area (Å²) in [5, 5.41) is 10.2. The Bertz CT molecular complexity index is 1010. The fourth-order valence-electron chi connectivity index (χ4n) is 6.36. The van der Waals surface area contributed by atoms with Crippen molar-refractivity contribution in [3.63, 3.8) is 0 Å². The minimum atomic E-state index is -0.728. The first-order valence-corrected chi connectivity index (χ1v) is 13.6. The molecule has 0 radical (unpaired) electrons. The molecule has 0 saturated carbocycles. The maximum atomic E-state index is 14.4. The Labute approximate surface area is 218 Å². The smallest absolute Gasteiger partial charge is 0.247 e. The minimum Gasteiger partial charge on any atom is -0.394 e. The summed E-state index contributed by atoms with van der Waals surface area (Å²) >= 11 is 1.65. The predicted molar refractivity (Wildman–Crippen MR) is 142 cm³/mol. The summed E-state index contributed by atoms with van der Waals surface area (Å²) in [6, 6.07) is 8.56. The van der Waals surface area contributed by atoms with Crippen molar-refractivity contribution in [2.24, 2.45) is 11.8 Å². The van der Waals surface area contributed by atoms with Crippen LogP contribution in [0, 0.1) is 11.8 Å². The van der Waals surface area contributed by atoms with Gasteiger partial charge in [0.25, 0.3) is 0 Å². The second-order valence-corrected chi connectivity index (χ2v) is 11.6. The molecule has 2 unspecified atom stereocenters. The molecule has 8 heteroatoms. The molecule has 3 amide bonds. The van der Waals surface area contributed by atoms with Crippen molar-refractivity contribution in [1.82, 2.24) is 14.7 Å². The Morgan fingerprint density at radius 1 is 1.22 bits per heavy atom. The van der Waals surface area contributed by atoms with Crippen molar-refractivity contribution < 1.29 is 19.5 Å². The molecule has 1 N–H and O–H groups in total. The topological polar surface area (TPSA) is 81.2 Å². The molecule has 194 valence electrons. The number of hydrogen-bond donors (Lipinski definition) is 1. The van der Waals surface area contributed by atoms with Gasteiger partial charge >= 0.3 is 0 Å². The van der Waals surface area contributed by atoms with Crippen LogP contribution in [0.1, 0.15) is 31.7 Å². The summed E-state index contributed by atoms with van der Waals surface area (Å²) in [4.78, 5) is 47.0. The number of likely N-dealkylation sites (N-methyl/N-ethyl adjacent to an activating group) is 1. The van der Waals surface area contributed by atoms with Gasteiger partial charge < -0.3 is 19.8 Å². The molecule has 4 rings (SSSR count). The lowest BCUT2D eigenvalue weighted by molar-refractivity contribution is -0.147. The zero-order chi connectivity index (χ0) is 26.0. The monoisotopic (exact) mass is 511 g/mol. The van der Waals surface area contributed by atoms with Crippen LogP contribution in [0.25, 0.3) is 0 Å². The highest BCUT2D eigenvalue weighted by atomic mass is 32.2. The number of likely N-dealkylation sites (tertiary alicyclic amines) is 1. The van der Waals surface area contributed by atoms with Crippen molar-refractivity contribution in [3.05, 3.63) is 61.2 Å². The summed E-state index contributed by atoms with van der Waals surface area (Å²) in [5.41, 5.74) is 0.995. The van der Waals surface area contributed by atoms with Gasteiger partial charge in [-0.2, -0.15) is 0 Å². The molecule has 0 aliphatic carbocycles. The highest BCUT2D eigenvalue weighted by Gasteiger charge is 2.74. The van der Waals surface area contributed by atoms with Crippen molar-refractivity contribution in [3.8, 4) is 0 Å². The maximum Gasteiger partial charge on any atom is 0.247 e. The van der Waals surface area contributed by atoms with Crippen LogP contribution in [-0.4, -0.2) is 86.4 Å². The van der Waals surface area contributed by atoms with Gasteiger partial charge in [-0.1, -0.05) is 49.4 Å². The van der Waals surface area contributed by atoms with E-state index in [1.54, 1.807) is 45.7 Å². The highest BCUT2D eigenvalue weighted by molar-refractivity contribution is 8.02. The minimum absolute atomic E-state index is 0.00680. The van der Waals surface area contributed by atoms with Gasteiger partial charge in [0.15, 0.2) is 0 Å².